The van der Waals surface area contributed by atoms with Gasteiger partial charge in [-0.2, -0.15) is 4.98 Å². The number of hydrogen-bond donors (Lipinski definition) is 3. The molecule has 23 heavy (non-hydrogen) atoms. The third kappa shape index (κ3) is 4.14. The summed E-state index contributed by atoms with van der Waals surface area (Å²) in [6.45, 7) is 0.544. The van der Waals surface area contributed by atoms with E-state index < -0.39 is 0 Å². The molecule has 0 amide bonds. The van der Waals surface area contributed by atoms with Crippen molar-refractivity contribution in [3.05, 3.63) is 66.5 Å². The molecule has 2 aromatic heterocycles. The van der Waals surface area contributed by atoms with Crippen molar-refractivity contribution in [1.29, 1.82) is 0 Å². The fraction of sp³-hybridized carbons (Fsp3) is 0.0588. The van der Waals surface area contributed by atoms with Gasteiger partial charge < -0.3 is 15.2 Å². The Morgan fingerprint density at radius 2 is 2.04 bits per heavy atom. The van der Waals surface area contributed by atoms with Gasteiger partial charge in [-0.25, -0.2) is 0 Å². The van der Waals surface area contributed by atoms with Gasteiger partial charge in [0.05, 0.1) is 6.20 Å². The van der Waals surface area contributed by atoms with E-state index in [1.165, 1.54) is 0 Å². The summed E-state index contributed by atoms with van der Waals surface area (Å²) >= 11 is 4.35. The smallest absolute Gasteiger partial charge is 0.221 e. The predicted molar refractivity (Wildman–Crippen MR) is 91.2 cm³/mol. The lowest BCUT2D eigenvalue weighted by Gasteiger charge is -2.10. The highest BCUT2D eigenvalue weighted by atomic mass is 32.1. The molecule has 116 valence electrons. The molecular formula is C17H15N3O2S. The van der Waals surface area contributed by atoms with E-state index in [1.807, 2.05) is 24.3 Å². The highest BCUT2D eigenvalue weighted by Crippen LogP contribution is 2.22. The first kappa shape index (κ1) is 15.2. The highest BCUT2D eigenvalue weighted by Gasteiger charge is 2.03. The minimum atomic E-state index is 0.198. The molecule has 0 fully saturated rings. The first-order valence-electron chi connectivity index (χ1n) is 7.00. The number of rotatable bonds is 5. The SMILES string of the molecule is Oc1ccc(CNc2cccc(Oc3cccnc3)n2)c(S)c1. The lowest BCUT2D eigenvalue weighted by atomic mass is 10.2. The van der Waals surface area contributed by atoms with Crippen molar-refractivity contribution in [3.63, 3.8) is 0 Å². The van der Waals surface area contributed by atoms with Crippen LogP contribution in [-0.4, -0.2) is 15.1 Å². The van der Waals surface area contributed by atoms with Crippen LogP contribution in [0.1, 0.15) is 5.56 Å². The van der Waals surface area contributed by atoms with Crippen LogP contribution in [0.25, 0.3) is 0 Å². The Morgan fingerprint density at radius 1 is 1.13 bits per heavy atom. The zero-order chi connectivity index (χ0) is 16.1. The molecule has 0 aliphatic heterocycles. The van der Waals surface area contributed by atoms with Crippen molar-refractivity contribution >= 4 is 18.4 Å². The number of nitrogens with zero attached hydrogens (tertiary/aromatic N) is 2. The molecule has 5 nitrogen and oxygen atoms in total. The molecule has 1 aromatic carbocycles. The Balaban J connectivity index is 1.68. The number of phenols is 1. The van der Waals surface area contributed by atoms with Gasteiger partial charge in [0.1, 0.15) is 17.3 Å². The zero-order valence-corrected chi connectivity index (χ0v) is 13.1. The van der Waals surface area contributed by atoms with E-state index in [0.29, 0.717) is 24.0 Å². The number of thiol groups is 1. The van der Waals surface area contributed by atoms with Gasteiger partial charge in [-0.05, 0) is 35.9 Å². The van der Waals surface area contributed by atoms with E-state index in [0.717, 1.165) is 10.5 Å². The van der Waals surface area contributed by atoms with Crippen LogP contribution >= 0.6 is 12.6 Å². The quantitative estimate of drug-likeness (QED) is 0.621. The average Bonchev–Trinajstić information content (AvgIpc) is 2.55. The number of hydrogen-bond acceptors (Lipinski definition) is 6. The molecule has 0 bridgehead atoms. The van der Waals surface area contributed by atoms with Crippen LogP contribution in [0.4, 0.5) is 5.82 Å². The largest absolute Gasteiger partial charge is 0.508 e. The fourth-order valence-corrected chi connectivity index (χ4v) is 2.27. The summed E-state index contributed by atoms with van der Waals surface area (Å²) in [6.07, 6.45) is 3.32. The van der Waals surface area contributed by atoms with Crippen molar-refractivity contribution in [2.75, 3.05) is 5.32 Å². The number of aromatic nitrogens is 2. The van der Waals surface area contributed by atoms with Gasteiger partial charge in [0.2, 0.25) is 5.88 Å². The second kappa shape index (κ2) is 7.02. The topological polar surface area (TPSA) is 67.3 Å². The molecule has 2 N–H and O–H groups in total. The lowest BCUT2D eigenvalue weighted by Crippen LogP contribution is -2.02. The van der Waals surface area contributed by atoms with Crippen LogP contribution in [-0.2, 0) is 6.54 Å². The Hall–Kier alpha value is -2.73. The molecule has 0 spiro atoms. The second-order valence-corrected chi connectivity index (χ2v) is 5.30. The molecule has 0 unspecified atom stereocenters. The van der Waals surface area contributed by atoms with Crippen LogP contribution in [0.15, 0.2) is 65.8 Å². The Labute approximate surface area is 139 Å². The van der Waals surface area contributed by atoms with E-state index in [1.54, 1.807) is 36.7 Å². The van der Waals surface area contributed by atoms with Crippen molar-refractivity contribution in [1.82, 2.24) is 9.97 Å². The van der Waals surface area contributed by atoms with Gasteiger partial charge in [-0.15, -0.1) is 12.6 Å². The van der Waals surface area contributed by atoms with Gasteiger partial charge in [0.15, 0.2) is 0 Å². The molecule has 0 aliphatic rings. The third-order valence-corrected chi connectivity index (χ3v) is 3.53. The standard InChI is InChI=1S/C17H15N3O2S/c21-13-7-6-12(15(23)9-13)10-19-16-4-1-5-17(20-16)22-14-3-2-8-18-11-14/h1-9,11,21,23H,10H2,(H,19,20). The molecule has 3 aromatic rings. The second-order valence-electron chi connectivity index (χ2n) is 4.82. The molecule has 6 heteroatoms. The minimum Gasteiger partial charge on any atom is -0.508 e. The van der Waals surface area contributed by atoms with Crippen LogP contribution in [0, 0.1) is 0 Å². The summed E-state index contributed by atoms with van der Waals surface area (Å²) in [4.78, 5) is 9.12. The molecule has 0 aliphatic carbocycles. The van der Waals surface area contributed by atoms with Crippen molar-refractivity contribution < 1.29 is 9.84 Å². The minimum absolute atomic E-state index is 0.198. The van der Waals surface area contributed by atoms with Crippen molar-refractivity contribution in [2.45, 2.75) is 11.4 Å². The summed E-state index contributed by atoms with van der Waals surface area (Å²) in [7, 11) is 0. The molecule has 0 atom stereocenters. The van der Waals surface area contributed by atoms with Gasteiger partial charge in [0, 0.05) is 23.7 Å². The molecule has 0 saturated carbocycles. The molecule has 2 heterocycles. The molecule has 0 saturated heterocycles. The first-order chi connectivity index (χ1) is 11.2. The van der Waals surface area contributed by atoms with E-state index >= 15 is 0 Å². The van der Waals surface area contributed by atoms with E-state index in [-0.39, 0.29) is 5.75 Å². The zero-order valence-electron chi connectivity index (χ0n) is 12.2. The lowest BCUT2D eigenvalue weighted by molar-refractivity contribution is 0.461. The number of ether oxygens (including phenoxy) is 1. The highest BCUT2D eigenvalue weighted by molar-refractivity contribution is 7.80. The van der Waals surface area contributed by atoms with Crippen LogP contribution in [0.5, 0.6) is 17.4 Å². The normalized spacial score (nSPS) is 10.3. The third-order valence-electron chi connectivity index (χ3n) is 3.11. The monoisotopic (exact) mass is 325 g/mol. The van der Waals surface area contributed by atoms with Crippen LogP contribution in [0.2, 0.25) is 0 Å². The van der Waals surface area contributed by atoms with Crippen LogP contribution < -0.4 is 10.1 Å². The van der Waals surface area contributed by atoms with E-state index in [4.69, 9.17) is 4.74 Å². The maximum atomic E-state index is 9.40. The maximum Gasteiger partial charge on any atom is 0.221 e. The van der Waals surface area contributed by atoms with Gasteiger partial charge >= 0.3 is 0 Å². The van der Waals surface area contributed by atoms with E-state index in [2.05, 4.69) is 27.9 Å². The van der Waals surface area contributed by atoms with Crippen molar-refractivity contribution in [3.8, 4) is 17.4 Å². The summed E-state index contributed by atoms with van der Waals surface area (Å²) in [5.74, 6) is 2.00. The number of nitrogens with one attached hydrogen (secondary N) is 1. The van der Waals surface area contributed by atoms with E-state index in [9.17, 15) is 5.11 Å². The molecule has 0 radical (unpaired) electrons. The number of pyridine rings is 2. The molecular weight excluding hydrogens is 310 g/mol. The summed E-state index contributed by atoms with van der Waals surface area (Å²) < 4.78 is 5.65. The number of aromatic hydroxyl groups is 1. The summed E-state index contributed by atoms with van der Waals surface area (Å²) in [6, 6.07) is 14.2. The average molecular weight is 325 g/mol. The molecule has 3 rings (SSSR count). The predicted octanol–water partition coefficient (Wildman–Crippen LogP) is 3.88. The number of benzene rings is 1. The Kier molecular flexibility index (Phi) is 4.63. The van der Waals surface area contributed by atoms with Gasteiger partial charge in [-0.3, -0.25) is 4.98 Å². The fourth-order valence-electron chi connectivity index (χ4n) is 1.99. The Bertz CT molecular complexity index is 797. The van der Waals surface area contributed by atoms with Gasteiger partial charge in [0.25, 0.3) is 0 Å². The van der Waals surface area contributed by atoms with Crippen LogP contribution in [0.3, 0.4) is 0 Å². The summed E-state index contributed by atoms with van der Waals surface area (Å²) in [5.41, 5.74) is 0.964. The number of phenolic OH excluding ortho intramolecular Hbond substituents is 1. The van der Waals surface area contributed by atoms with Crippen molar-refractivity contribution in [2.24, 2.45) is 0 Å². The maximum absolute atomic E-state index is 9.40. The number of anilines is 1. The summed E-state index contributed by atoms with van der Waals surface area (Å²) in [5, 5.41) is 12.6. The van der Waals surface area contributed by atoms with Gasteiger partial charge in [-0.1, -0.05) is 12.1 Å². The Morgan fingerprint density at radius 3 is 2.83 bits per heavy atom. The first-order valence-corrected chi connectivity index (χ1v) is 7.45.